The number of nitrogens with zero attached hydrogens (tertiary/aromatic N) is 4. The van der Waals surface area contributed by atoms with Gasteiger partial charge in [0.1, 0.15) is 0 Å². The Kier molecular flexibility index (Phi) is 5.01. The number of aliphatic hydroxyl groups excluding tert-OH is 2. The summed E-state index contributed by atoms with van der Waals surface area (Å²) in [5, 5.41) is 32.6. The molecule has 0 amide bonds. The summed E-state index contributed by atoms with van der Waals surface area (Å²) in [5.41, 5.74) is 2.30. The van der Waals surface area contributed by atoms with Crippen LogP contribution in [0.3, 0.4) is 0 Å². The first kappa shape index (κ1) is 18.2. The van der Waals surface area contributed by atoms with Crippen molar-refractivity contribution in [1.29, 1.82) is 0 Å². The molecule has 3 heterocycles. The molecular formula is C19H27N5O3. The molecule has 1 saturated carbocycles. The molecule has 3 N–H and O–H groups in total. The number of pyridine rings is 1. The van der Waals surface area contributed by atoms with Crippen LogP contribution >= 0.6 is 0 Å². The van der Waals surface area contributed by atoms with Gasteiger partial charge in [0.15, 0.2) is 11.2 Å². The lowest BCUT2D eigenvalue weighted by Gasteiger charge is -2.25. The van der Waals surface area contributed by atoms with Crippen LogP contribution in [0.15, 0.2) is 17.5 Å². The van der Waals surface area contributed by atoms with E-state index >= 15 is 0 Å². The lowest BCUT2D eigenvalue weighted by atomic mass is 9.93. The van der Waals surface area contributed by atoms with Crippen LogP contribution in [-0.2, 0) is 11.4 Å². The fourth-order valence-electron chi connectivity index (χ4n) is 3.97. The van der Waals surface area contributed by atoms with Crippen LogP contribution < -0.4 is 5.32 Å². The molecular weight excluding hydrogens is 346 g/mol. The molecule has 0 aromatic carbocycles. The summed E-state index contributed by atoms with van der Waals surface area (Å²) < 4.78 is 1.88. The first-order valence-corrected chi connectivity index (χ1v) is 9.78. The van der Waals surface area contributed by atoms with Crippen molar-refractivity contribution in [2.24, 2.45) is 5.16 Å². The third kappa shape index (κ3) is 3.27. The van der Waals surface area contributed by atoms with E-state index in [1.807, 2.05) is 17.8 Å². The Labute approximate surface area is 158 Å². The quantitative estimate of drug-likeness (QED) is 0.716. The maximum atomic E-state index is 9.62. The van der Waals surface area contributed by atoms with E-state index in [0.717, 1.165) is 41.7 Å². The van der Waals surface area contributed by atoms with Crippen LogP contribution in [0.5, 0.6) is 0 Å². The minimum atomic E-state index is -1.06. The predicted molar refractivity (Wildman–Crippen MR) is 103 cm³/mol. The average molecular weight is 373 g/mol. The third-order valence-corrected chi connectivity index (χ3v) is 5.65. The van der Waals surface area contributed by atoms with Crippen molar-refractivity contribution >= 4 is 22.4 Å². The molecule has 4 rings (SSSR count). The van der Waals surface area contributed by atoms with Gasteiger partial charge in [-0.2, -0.15) is 5.10 Å². The van der Waals surface area contributed by atoms with Crippen LogP contribution in [-0.4, -0.2) is 55.5 Å². The summed E-state index contributed by atoms with van der Waals surface area (Å²) in [7, 11) is 0. The summed E-state index contributed by atoms with van der Waals surface area (Å²) in [6, 6.07) is 0.413. The van der Waals surface area contributed by atoms with Crippen LogP contribution in [0.25, 0.3) is 11.0 Å². The van der Waals surface area contributed by atoms with Crippen LogP contribution in [0.4, 0.5) is 5.69 Å². The Balaban J connectivity index is 1.74. The van der Waals surface area contributed by atoms with Crippen molar-refractivity contribution in [2.45, 2.75) is 63.6 Å². The van der Waals surface area contributed by atoms with Gasteiger partial charge in [0.25, 0.3) is 0 Å². The van der Waals surface area contributed by atoms with E-state index in [0.29, 0.717) is 18.2 Å². The largest absolute Gasteiger partial charge is 0.392 e. The van der Waals surface area contributed by atoms with Gasteiger partial charge in [-0.25, -0.2) is 9.67 Å². The Morgan fingerprint density at radius 2 is 2.00 bits per heavy atom. The average Bonchev–Trinajstić information content (AvgIpc) is 3.34. The molecule has 0 atom stereocenters. The van der Waals surface area contributed by atoms with Crippen LogP contribution in [0.2, 0.25) is 0 Å². The Morgan fingerprint density at radius 1 is 1.22 bits per heavy atom. The number of anilines is 1. The first-order chi connectivity index (χ1) is 13.2. The van der Waals surface area contributed by atoms with Crippen molar-refractivity contribution in [3.8, 4) is 0 Å². The van der Waals surface area contributed by atoms with E-state index in [4.69, 9.17) is 4.84 Å². The maximum Gasteiger partial charge on any atom is 0.188 e. The highest BCUT2D eigenvalue weighted by atomic mass is 16.7. The summed E-state index contributed by atoms with van der Waals surface area (Å²) in [5.74, 6) is 0. The number of nitrogens with one attached hydrogen (secondary N) is 1. The van der Waals surface area contributed by atoms with E-state index in [1.165, 1.54) is 19.3 Å². The molecule has 1 aliphatic carbocycles. The normalized spacial score (nSPS) is 19.9. The number of rotatable bonds is 6. The number of aromatic nitrogens is 3. The Morgan fingerprint density at radius 3 is 2.67 bits per heavy atom. The van der Waals surface area contributed by atoms with Gasteiger partial charge < -0.3 is 20.4 Å². The number of hydrogen-bond donors (Lipinski definition) is 3. The van der Waals surface area contributed by atoms with E-state index < -0.39 is 5.60 Å². The SMILES string of the molecule is CCn1ncc2c(NC3CCCCC3)c(C3=NOC(CO)(CO)C3)cnc21. The molecule has 8 nitrogen and oxygen atoms in total. The number of oxime groups is 1. The van der Waals surface area contributed by atoms with Gasteiger partial charge in [0.2, 0.25) is 0 Å². The smallest absolute Gasteiger partial charge is 0.188 e. The molecule has 2 aromatic heterocycles. The van der Waals surface area contributed by atoms with Gasteiger partial charge in [-0.1, -0.05) is 24.4 Å². The van der Waals surface area contributed by atoms with Crippen molar-refractivity contribution < 1.29 is 15.1 Å². The molecule has 27 heavy (non-hydrogen) atoms. The van der Waals surface area contributed by atoms with Gasteiger partial charge in [0.05, 0.1) is 36.2 Å². The number of aliphatic hydroxyl groups is 2. The summed E-state index contributed by atoms with van der Waals surface area (Å²) in [6.07, 6.45) is 10.0. The zero-order valence-electron chi connectivity index (χ0n) is 15.7. The lowest BCUT2D eigenvalue weighted by Crippen LogP contribution is -2.37. The standard InChI is InChI=1S/C19H27N5O3/c1-2-24-18-15(10-21-24)17(22-13-6-4-3-5-7-13)14(9-20-18)16-8-19(11-25,12-26)27-23-16/h9-10,13,25-26H,2-8,11-12H2,1H3,(H,20,22). The molecule has 1 fully saturated rings. The van der Waals surface area contributed by atoms with Gasteiger partial charge in [0, 0.05) is 30.8 Å². The lowest BCUT2D eigenvalue weighted by molar-refractivity contribution is -0.0878. The second kappa shape index (κ2) is 7.44. The number of fused-ring (bicyclic) bond motifs is 1. The molecule has 1 aliphatic heterocycles. The van der Waals surface area contributed by atoms with Crippen molar-refractivity contribution in [3.63, 3.8) is 0 Å². The fraction of sp³-hybridized carbons (Fsp3) is 0.632. The summed E-state index contributed by atoms with van der Waals surface area (Å²) in [6.45, 7) is 2.22. The van der Waals surface area contributed by atoms with Crippen LogP contribution in [0, 0.1) is 0 Å². The topological polar surface area (TPSA) is 105 Å². The Hall–Kier alpha value is -2.19. The zero-order valence-corrected chi connectivity index (χ0v) is 15.7. The summed E-state index contributed by atoms with van der Waals surface area (Å²) >= 11 is 0. The minimum Gasteiger partial charge on any atom is -0.392 e. The highest BCUT2D eigenvalue weighted by molar-refractivity contribution is 6.10. The molecule has 2 aliphatic rings. The van der Waals surface area contributed by atoms with Gasteiger partial charge in [-0.3, -0.25) is 0 Å². The molecule has 2 aromatic rings. The van der Waals surface area contributed by atoms with E-state index in [1.54, 1.807) is 6.20 Å². The van der Waals surface area contributed by atoms with Crippen molar-refractivity contribution in [2.75, 3.05) is 18.5 Å². The zero-order chi connectivity index (χ0) is 18.9. The molecule has 0 radical (unpaired) electrons. The fourth-order valence-corrected chi connectivity index (χ4v) is 3.97. The van der Waals surface area contributed by atoms with E-state index in [9.17, 15) is 10.2 Å². The number of aryl methyl sites for hydroxylation is 1. The van der Waals surface area contributed by atoms with Crippen LogP contribution in [0.1, 0.15) is 51.0 Å². The molecule has 0 bridgehead atoms. The molecule has 146 valence electrons. The molecule has 0 saturated heterocycles. The van der Waals surface area contributed by atoms with Gasteiger partial charge >= 0.3 is 0 Å². The molecule has 0 spiro atoms. The molecule has 0 unspecified atom stereocenters. The van der Waals surface area contributed by atoms with E-state index in [2.05, 4.69) is 20.6 Å². The highest BCUT2D eigenvalue weighted by Gasteiger charge is 2.39. The van der Waals surface area contributed by atoms with Gasteiger partial charge in [-0.05, 0) is 19.8 Å². The maximum absolute atomic E-state index is 9.62. The second-order valence-electron chi connectivity index (χ2n) is 7.53. The predicted octanol–water partition coefficient (Wildman–Crippen LogP) is 2.04. The minimum absolute atomic E-state index is 0.286. The first-order valence-electron chi connectivity index (χ1n) is 9.78. The van der Waals surface area contributed by atoms with Crippen molar-refractivity contribution in [3.05, 3.63) is 18.0 Å². The van der Waals surface area contributed by atoms with E-state index in [-0.39, 0.29) is 13.2 Å². The molecule has 8 heteroatoms. The van der Waals surface area contributed by atoms with Gasteiger partial charge in [-0.15, -0.1) is 0 Å². The monoisotopic (exact) mass is 373 g/mol. The summed E-state index contributed by atoms with van der Waals surface area (Å²) in [4.78, 5) is 10.0. The Bertz CT molecular complexity index is 837. The van der Waals surface area contributed by atoms with Crippen molar-refractivity contribution in [1.82, 2.24) is 14.8 Å². The highest BCUT2D eigenvalue weighted by Crippen LogP contribution is 2.34. The third-order valence-electron chi connectivity index (χ3n) is 5.65. The second-order valence-corrected chi connectivity index (χ2v) is 7.53. The number of hydrogen-bond acceptors (Lipinski definition) is 7.